The molecule has 1 N–H and O–H groups in total. The van der Waals surface area contributed by atoms with Crippen molar-refractivity contribution in [2.45, 2.75) is 50.7 Å². The fraction of sp³-hybridized carbons (Fsp3) is 0.692. The first-order valence-corrected chi connectivity index (χ1v) is 6.51. The Morgan fingerprint density at radius 1 is 1.18 bits per heavy atom. The van der Waals surface area contributed by atoms with Crippen LogP contribution in [0.2, 0.25) is 0 Å². The molecule has 17 heavy (non-hydrogen) atoms. The van der Waals surface area contributed by atoms with Gasteiger partial charge in [-0.05, 0) is 44.7 Å². The van der Waals surface area contributed by atoms with Crippen molar-refractivity contribution in [1.82, 2.24) is 15.5 Å². The summed E-state index contributed by atoms with van der Waals surface area (Å²) in [5.74, 6) is 1.00. The molecule has 2 aliphatic rings. The third-order valence-electron chi connectivity index (χ3n) is 4.14. The molecule has 3 rings (SSSR count). The average Bonchev–Trinajstić information content (AvgIpc) is 2.68. The van der Waals surface area contributed by atoms with Crippen molar-refractivity contribution in [3.8, 4) is 0 Å². The molecule has 0 radical (unpaired) electrons. The largest absolute Gasteiger partial charge is 0.355 e. The Kier molecular flexibility index (Phi) is 2.74. The number of fused-ring (bicyclic) bond motifs is 2. The normalized spacial score (nSPS) is 31.5. The zero-order valence-corrected chi connectivity index (χ0v) is 10.6. The highest BCUT2D eigenvalue weighted by Gasteiger charge is 2.35. The number of aromatic nitrogens is 2. The van der Waals surface area contributed by atoms with Crippen molar-refractivity contribution in [3.63, 3.8) is 0 Å². The van der Waals surface area contributed by atoms with Gasteiger partial charge in [0, 0.05) is 25.2 Å². The predicted octanol–water partition coefficient (Wildman–Crippen LogP) is 1.50. The van der Waals surface area contributed by atoms with Crippen LogP contribution in [-0.2, 0) is 0 Å². The van der Waals surface area contributed by atoms with Crippen LogP contribution in [0.15, 0.2) is 12.1 Å². The molecule has 2 bridgehead atoms. The Hall–Kier alpha value is -1.16. The highest BCUT2D eigenvalue weighted by molar-refractivity contribution is 5.38. The highest BCUT2D eigenvalue weighted by Crippen LogP contribution is 2.30. The summed E-state index contributed by atoms with van der Waals surface area (Å²) in [7, 11) is 2.15. The molecular formula is C13H20N4. The Morgan fingerprint density at radius 3 is 2.47 bits per heavy atom. The zero-order valence-electron chi connectivity index (χ0n) is 10.6. The minimum Gasteiger partial charge on any atom is -0.355 e. The van der Waals surface area contributed by atoms with Crippen molar-refractivity contribution in [3.05, 3.63) is 17.8 Å². The number of nitrogens with one attached hydrogen (secondary N) is 1. The first-order chi connectivity index (χ1) is 8.22. The van der Waals surface area contributed by atoms with Gasteiger partial charge in [0.1, 0.15) is 0 Å². The van der Waals surface area contributed by atoms with Gasteiger partial charge < -0.3 is 10.2 Å². The molecule has 0 amide bonds. The Labute approximate surface area is 102 Å². The number of hydrogen-bond donors (Lipinski definition) is 1. The molecule has 0 spiro atoms. The van der Waals surface area contributed by atoms with E-state index in [1.54, 1.807) is 0 Å². The van der Waals surface area contributed by atoms with Crippen molar-refractivity contribution in [2.75, 3.05) is 11.9 Å². The number of hydrogen-bond acceptors (Lipinski definition) is 4. The van der Waals surface area contributed by atoms with Gasteiger partial charge in [-0.25, -0.2) is 0 Å². The Bertz CT molecular complexity index is 377. The van der Waals surface area contributed by atoms with Gasteiger partial charge in [0.25, 0.3) is 0 Å². The highest BCUT2D eigenvalue weighted by atomic mass is 15.3. The quantitative estimate of drug-likeness (QED) is 0.839. The summed E-state index contributed by atoms with van der Waals surface area (Å²) in [5, 5.41) is 12.1. The van der Waals surface area contributed by atoms with Crippen LogP contribution in [0.25, 0.3) is 0 Å². The van der Waals surface area contributed by atoms with Crippen LogP contribution in [0.5, 0.6) is 0 Å². The number of nitrogens with zero attached hydrogens (tertiary/aromatic N) is 3. The lowest BCUT2D eigenvalue weighted by Crippen LogP contribution is -2.47. The summed E-state index contributed by atoms with van der Waals surface area (Å²) in [5.41, 5.74) is 0.979. The molecule has 2 unspecified atom stereocenters. The maximum Gasteiger partial charge on any atom is 0.151 e. The zero-order chi connectivity index (χ0) is 11.8. The summed E-state index contributed by atoms with van der Waals surface area (Å²) in [6, 6.07) is 6.17. The lowest BCUT2D eigenvalue weighted by molar-refractivity contribution is 0.353. The molecule has 92 valence electrons. The average molecular weight is 232 g/mol. The predicted molar refractivity (Wildman–Crippen MR) is 68.1 cm³/mol. The second kappa shape index (κ2) is 4.26. The number of piperidine rings is 1. The van der Waals surface area contributed by atoms with E-state index in [2.05, 4.69) is 33.5 Å². The van der Waals surface area contributed by atoms with Crippen LogP contribution in [0, 0.1) is 6.92 Å². The lowest BCUT2D eigenvalue weighted by atomic mass is 9.98. The van der Waals surface area contributed by atoms with Crippen molar-refractivity contribution >= 4 is 5.82 Å². The van der Waals surface area contributed by atoms with E-state index in [1.807, 2.05) is 13.0 Å². The van der Waals surface area contributed by atoms with Crippen molar-refractivity contribution in [2.24, 2.45) is 0 Å². The molecule has 0 aliphatic carbocycles. The maximum atomic E-state index is 4.28. The fourth-order valence-electron chi connectivity index (χ4n) is 3.11. The summed E-state index contributed by atoms with van der Waals surface area (Å²) >= 11 is 0. The molecule has 1 aromatic heterocycles. The minimum absolute atomic E-state index is 0.616. The van der Waals surface area contributed by atoms with E-state index in [9.17, 15) is 0 Å². The number of aryl methyl sites for hydroxylation is 1. The van der Waals surface area contributed by atoms with E-state index < -0.39 is 0 Å². The summed E-state index contributed by atoms with van der Waals surface area (Å²) < 4.78 is 0. The first kappa shape index (κ1) is 11.0. The van der Waals surface area contributed by atoms with E-state index >= 15 is 0 Å². The van der Waals surface area contributed by atoms with Crippen molar-refractivity contribution < 1.29 is 0 Å². The van der Waals surface area contributed by atoms with Gasteiger partial charge in [0.15, 0.2) is 5.82 Å². The molecule has 2 aliphatic heterocycles. The Morgan fingerprint density at radius 2 is 1.88 bits per heavy atom. The van der Waals surface area contributed by atoms with Gasteiger partial charge in [-0.15, -0.1) is 5.10 Å². The molecular weight excluding hydrogens is 212 g/mol. The van der Waals surface area contributed by atoms with E-state index in [0.29, 0.717) is 6.04 Å². The molecule has 2 saturated heterocycles. The number of rotatable bonds is 2. The topological polar surface area (TPSA) is 41.0 Å². The van der Waals surface area contributed by atoms with Gasteiger partial charge in [0.05, 0.1) is 5.69 Å². The van der Waals surface area contributed by atoms with Gasteiger partial charge in [-0.1, -0.05) is 0 Å². The van der Waals surface area contributed by atoms with Gasteiger partial charge in [-0.2, -0.15) is 5.10 Å². The summed E-state index contributed by atoms with van der Waals surface area (Å²) in [4.78, 5) is 2.30. The molecule has 2 fully saturated rings. The molecule has 4 nitrogen and oxygen atoms in total. The minimum atomic E-state index is 0.616. The smallest absolute Gasteiger partial charge is 0.151 e. The maximum absolute atomic E-state index is 4.28. The molecule has 4 heteroatoms. The number of anilines is 1. The molecule has 3 heterocycles. The second-order valence-corrected chi connectivity index (χ2v) is 5.41. The van der Waals surface area contributed by atoms with E-state index in [0.717, 1.165) is 23.6 Å². The third kappa shape index (κ3) is 2.14. The molecule has 0 saturated carbocycles. The SMILES string of the molecule is Cc1ccc(N(C)C2CC3CCC(C2)N3)nn1. The molecule has 0 aromatic carbocycles. The van der Waals surface area contributed by atoms with Crippen LogP contribution in [-0.4, -0.2) is 35.4 Å². The Balaban J connectivity index is 1.73. The van der Waals surface area contributed by atoms with Gasteiger partial charge >= 0.3 is 0 Å². The monoisotopic (exact) mass is 232 g/mol. The first-order valence-electron chi connectivity index (χ1n) is 6.51. The lowest BCUT2D eigenvalue weighted by Gasteiger charge is -2.36. The van der Waals surface area contributed by atoms with E-state index in [4.69, 9.17) is 0 Å². The van der Waals surface area contributed by atoms with Crippen LogP contribution in [0.3, 0.4) is 0 Å². The van der Waals surface area contributed by atoms with Gasteiger partial charge in [-0.3, -0.25) is 0 Å². The van der Waals surface area contributed by atoms with Gasteiger partial charge in [0.2, 0.25) is 0 Å². The molecule has 2 atom stereocenters. The van der Waals surface area contributed by atoms with Crippen molar-refractivity contribution in [1.29, 1.82) is 0 Å². The van der Waals surface area contributed by atoms with Crippen LogP contribution in [0.4, 0.5) is 5.82 Å². The van der Waals surface area contributed by atoms with E-state index in [-0.39, 0.29) is 0 Å². The third-order valence-corrected chi connectivity index (χ3v) is 4.14. The molecule has 1 aromatic rings. The van der Waals surface area contributed by atoms with Crippen LogP contribution < -0.4 is 10.2 Å². The second-order valence-electron chi connectivity index (χ2n) is 5.41. The van der Waals surface area contributed by atoms with Crippen LogP contribution >= 0.6 is 0 Å². The van der Waals surface area contributed by atoms with E-state index in [1.165, 1.54) is 25.7 Å². The fourth-order valence-corrected chi connectivity index (χ4v) is 3.11. The summed E-state index contributed by atoms with van der Waals surface area (Å²) in [6.07, 6.45) is 5.16. The van der Waals surface area contributed by atoms with Crippen LogP contribution in [0.1, 0.15) is 31.4 Å². The summed E-state index contributed by atoms with van der Waals surface area (Å²) in [6.45, 7) is 1.97. The standard InChI is InChI=1S/C13H20N4/c1-9-3-6-13(16-15-9)17(2)12-7-10-4-5-11(8-12)14-10/h3,6,10-12,14H,4-5,7-8H2,1-2H3.